The number of amides is 4. The van der Waals surface area contributed by atoms with Crippen LogP contribution in [0.3, 0.4) is 0 Å². The number of pyridine rings is 1. The summed E-state index contributed by atoms with van der Waals surface area (Å²) in [7, 11) is 1.24. The number of ether oxygens (including phenoxy) is 2. The number of methoxy groups -OCH3 is 1. The summed E-state index contributed by atoms with van der Waals surface area (Å²) in [6.07, 6.45) is 0.471. The number of hydrogen-bond acceptors (Lipinski definition) is 10. The van der Waals surface area contributed by atoms with Gasteiger partial charge in [0, 0.05) is 61.8 Å². The van der Waals surface area contributed by atoms with Crippen molar-refractivity contribution < 1.29 is 41.8 Å². The van der Waals surface area contributed by atoms with Gasteiger partial charge in [-0.3, -0.25) is 14.4 Å². The molecule has 0 bridgehead atoms. The van der Waals surface area contributed by atoms with Gasteiger partial charge < -0.3 is 45.1 Å². The van der Waals surface area contributed by atoms with Gasteiger partial charge in [-0.15, -0.1) is 13.2 Å². The van der Waals surface area contributed by atoms with Gasteiger partial charge in [0.1, 0.15) is 23.4 Å². The fourth-order valence-corrected chi connectivity index (χ4v) is 8.76. The molecule has 4 aromatic rings. The van der Waals surface area contributed by atoms with Crippen molar-refractivity contribution in [3.63, 3.8) is 0 Å². The summed E-state index contributed by atoms with van der Waals surface area (Å²) < 4.78 is 50.5. The van der Waals surface area contributed by atoms with E-state index in [1.54, 1.807) is 47.5 Å². The molecule has 2 aromatic heterocycles. The van der Waals surface area contributed by atoms with Crippen molar-refractivity contribution in [1.82, 2.24) is 35.4 Å². The first-order chi connectivity index (χ1) is 29.9. The van der Waals surface area contributed by atoms with E-state index in [1.165, 1.54) is 19.4 Å². The van der Waals surface area contributed by atoms with Gasteiger partial charge in [-0.2, -0.15) is 0 Å². The van der Waals surface area contributed by atoms with Gasteiger partial charge in [0.2, 0.25) is 11.8 Å². The number of nitrogens with one attached hydrogen (secondary N) is 4. The Kier molecular flexibility index (Phi) is 13.2. The number of carbonyl (C=O) groups is 4. The van der Waals surface area contributed by atoms with Gasteiger partial charge in [-0.25, -0.2) is 14.8 Å². The van der Waals surface area contributed by atoms with Crippen LogP contribution in [-0.4, -0.2) is 112 Å². The number of aromatic amines is 1. The molecular formula is C44H51ClF3N9O6. The van der Waals surface area contributed by atoms with E-state index >= 15 is 0 Å². The summed E-state index contributed by atoms with van der Waals surface area (Å²) in [6, 6.07) is 11.0. The van der Waals surface area contributed by atoms with Gasteiger partial charge in [0.05, 0.1) is 40.7 Å². The number of carbonyl (C=O) groups excluding carboxylic acids is 4. The third kappa shape index (κ3) is 10.0. The number of hydrogen-bond donors (Lipinski definition) is 4. The number of rotatable bonds is 11. The van der Waals surface area contributed by atoms with Gasteiger partial charge in [-0.1, -0.05) is 49.7 Å². The Labute approximate surface area is 368 Å². The molecule has 3 aliphatic heterocycles. The first kappa shape index (κ1) is 45.2. The highest BCUT2D eigenvalue weighted by atomic mass is 35.5. The Balaban J connectivity index is 1.03. The minimum Gasteiger partial charge on any atom is -0.453 e. The second-order valence-electron chi connectivity index (χ2n) is 16.7. The number of aromatic nitrogens is 3. The molecule has 0 spiro atoms. The second-order valence-corrected chi connectivity index (χ2v) is 17.1. The Morgan fingerprint density at radius 2 is 1.76 bits per heavy atom. The quantitative estimate of drug-likeness (QED) is 0.121. The lowest BCUT2D eigenvalue weighted by Crippen LogP contribution is -2.60. The van der Waals surface area contributed by atoms with Crippen molar-refractivity contribution in [1.29, 1.82) is 0 Å². The number of benzene rings is 2. The van der Waals surface area contributed by atoms with Crippen LogP contribution in [0.5, 0.6) is 5.75 Å². The number of anilines is 2. The maximum Gasteiger partial charge on any atom is 0.573 e. The third-order valence-corrected chi connectivity index (χ3v) is 12.2. The minimum absolute atomic E-state index is 0.0283. The first-order valence-corrected chi connectivity index (χ1v) is 21.3. The Hall–Kier alpha value is -5.88. The van der Waals surface area contributed by atoms with Crippen LogP contribution in [0.4, 0.5) is 29.5 Å². The number of H-pyrrole nitrogens is 1. The average molecular weight is 894 g/mol. The summed E-state index contributed by atoms with van der Waals surface area (Å²) in [6.45, 7) is 10.5. The van der Waals surface area contributed by atoms with Crippen LogP contribution in [0.2, 0.25) is 5.02 Å². The van der Waals surface area contributed by atoms with E-state index in [9.17, 15) is 32.3 Å². The predicted molar refractivity (Wildman–Crippen MR) is 230 cm³/mol. The highest BCUT2D eigenvalue weighted by Crippen LogP contribution is 2.41. The van der Waals surface area contributed by atoms with E-state index in [0.29, 0.717) is 61.1 Å². The van der Waals surface area contributed by atoms with E-state index in [2.05, 4.69) is 35.6 Å². The predicted octanol–water partition coefficient (Wildman–Crippen LogP) is 7.17. The molecule has 3 fully saturated rings. The largest absolute Gasteiger partial charge is 0.573 e. The third-order valence-electron chi connectivity index (χ3n) is 11.9. The van der Waals surface area contributed by atoms with Crippen molar-refractivity contribution in [2.75, 3.05) is 50.1 Å². The molecule has 7 rings (SSSR count). The fourth-order valence-electron chi connectivity index (χ4n) is 8.55. The van der Waals surface area contributed by atoms with Crippen LogP contribution < -0.4 is 25.6 Å². The highest BCUT2D eigenvalue weighted by Gasteiger charge is 2.41. The zero-order chi connectivity index (χ0) is 45.2. The van der Waals surface area contributed by atoms with Crippen molar-refractivity contribution in [3.8, 4) is 28.1 Å². The first-order valence-electron chi connectivity index (χ1n) is 20.9. The van der Waals surface area contributed by atoms with Gasteiger partial charge in [0.15, 0.2) is 0 Å². The van der Waals surface area contributed by atoms with Crippen molar-refractivity contribution in [3.05, 3.63) is 77.3 Å². The Bertz CT molecular complexity index is 2320. The van der Waals surface area contributed by atoms with E-state index in [-0.39, 0.29) is 51.7 Å². The van der Waals surface area contributed by atoms with Crippen LogP contribution in [0.25, 0.3) is 22.4 Å². The molecule has 0 aliphatic carbocycles. The van der Waals surface area contributed by atoms with E-state index < -0.39 is 35.7 Å². The van der Waals surface area contributed by atoms with Crippen molar-refractivity contribution in [2.24, 2.45) is 5.92 Å². The summed E-state index contributed by atoms with van der Waals surface area (Å²) in [5.74, 6) is -0.390. The summed E-state index contributed by atoms with van der Waals surface area (Å²) in [5, 5.41) is 8.53. The average Bonchev–Trinajstić information content (AvgIpc) is 4.05. The van der Waals surface area contributed by atoms with E-state index in [1.807, 2.05) is 32.6 Å². The van der Waals surface area contributed by atoms with Crippen LogP contribution in [0.1, 0.15) is 75.6 Å². The fraction of sp³-hybridized carbons (Fsp3) is 0.455. The highest BCUT2D eigenvalue weighted by molar-refractivity contribution is 6.34. The molecule has 3 aliphatic rings. The van der Waals surface area contributed by atoms with Crippen molar-refractivity contribution >= 4 is 46.9 Å². The number of imidazole rings is 1. The zero-order valence-corrected chi connectivity index (χ0v) is 36.4. The second kappa shape index (κ2) is 18.5. The van der Waals surface area contributed by atoms with Crippen LogP contribution in [0.15, 0.2) is 60.9 Å². The molecule has 0 radical (unpaired) electrons. The molecule has 4 amide bonds. The SMILES string of the molecule is COC(=O)N[C@H](C(=O)N1CCC[C@H]1c1nc(-c2ccc(-c3cc(Cl)c(NC(=O)c4ccc(N5CCN(C(=O)[C@]6(C)CCCN6)C[C@H]5C)nc4)cc3OC(F)(F)F)cc2)c[nH]1)C(C)C. The number of nitrogens with zero attached hydrogens (tertiary/aromatic N) is 5. The monoisotopic (exact) mass is 893 g/mol. The molecule has 5 heterocycles. The van der Waals surface area contributed by atoms with Crippen LogP contribution in [0, 0.1) is 5.92 Å². The molecule has 336 valence electrons. The Morgan fingerprint density at radius 1 is 1.02 bits per heavy atom. The molecule has 2 aromatic carbocycles. The molecule has 63 heavy (non-hydrogen) atoms. The topological polar surface area (TPSA) is 174 Å². The number of likely N-dealkylation sites (tertiary alicyclic amines) is 1. The molecule has 0 unspecified atom stereocenters. The molecule has 4 N–H and O–H groups in total. The molecule has 3 saturated heterocycles. The standard InChI is InChI=1S/C44H51ClF3N9O6/c1-25(2)37(54-42(61)62-5)40(59)57-17-6-8-34(57)38-50-23-33(52-38)28-11-9-27(10-12-28)30-20-31(45)32(21-35(30)63-44(46,47)48)53-39(58)29-13-14-36(49-22-29)56-19-18-55(24-26(56)3)41(60)43(4)15-7-16-51-43/h9-14,20-23,25-26,34,37,51H,6-8,15-19,24H2,1-5H3,(H,50,52)(H,53,58)(H,54,61)/t26-,34+,37+,43+/m1/s1. The van der Waals surface area contributed by atoms with Gasteiger partial charge in [0.25, 0.3) is 5.91 Å². The number of alkyl carbamates (subject to hydrolysis) is 1. The summed E-state index contributed by atoms with van der Waals surface area (Å²) in [5.41, 5.74) is 1.07. The van der Waals surface area contributed by atoms with Gasteiger partial charge in [-0.05, 0) is 75.8 Å². The Morgan fingerprint density at radius 3 is 2.40 bits per heavy atom. The van der Waals surface area contributed by atoms with Crippen molar-refractivity contribution in [2.45, 2.75) is 83.4 Å². The normalized spacial score (nSPS) is 20.8. The number of piperazine rings is 1. The minimum atomic E-state index is -5.06. The molecule has 19 heteroatoms. The molecular weight excluding hydrogens is 843 g/mol. The van der Waals surface area contributed by atoms with Crippen LogP contribution in [-0.2, 0) is 14.3 Å². The van der Waals surface area contributed by atoms with E-state index in [0.717, 1.165) is 31.9 Å². The summed E-state index contributed by atoms with van der Waals surface area (Å²) >= 11 is 6.60. The van der Waals surface area contributed by atoms with E-state index in [4.69, 9.17) is 21.3 Å². The molecule has 0 saturated carbocycles. The smallest absolute Gasteiger partial charge is 0.453 e. The molecule has 4 atom stereocenters. The summed E-state index contributed by atoms with van der Waals surface area (Å²) in [4.78, 5) is 70.2. The lowest BCUT2D eigenvalue weighted by Gasteiger charge is -2.43. The number of halogens is 4. The number of alkyl halides is 3. The maximum absolute atomic E-state index is 13.8. The van der Waals surface area contributed by atoms with Gasteiger partial charge >= 0.3 is 12.5 Å². The lowest BCUT2D eigenvalue weighted by molar-refractivity contribution is -0.274. The van der Waals surface area contributed by atoms with Crippen LogP contribution >= 0.6 is 11.6 Å². The molecule has 15 nitrogen and oxygen atoms in total. The zero-order valence-electron chi connectivity index (χ0n) is 35.6. The maximum atomic E-state index is 13.8. The lowest BCUT2D eigenvalue weighted by atomic mass is 9.97.